The molecule has 0 bridgehead atoms. The van der Waals surface area contributed by atoms with Crippen molar-refractivity contribution in [2.24, 2.45) is 70.3 Å². The number of carbonyl (C=O) groups excluding carboxylic acids is 19. The summed E-state index contributed by atoms with van der Waals surface area (Å²) in [6, 6.07) is -22.0. The van der Waals surface area contributed by atoms with E-state index in [9.17, 15) is 86.6 Å². The number of aliphatic hydroxyl groups excluding tert-OH is 1. The number of nitrogens with one attached hydrogen (secondary N) is 14. The molecule has 1 heterocycles. The molecule has 23 N–H and O–H groups in total. The number of rotatable bonds is 47. The van der Waals surface area contributed by atoms with E-state index in [1.807, 2.05) is 13.8 Å². The van der Waals surface area contributed by atoms with Crippen molar-refractivity contribution in [1.82, 2.24) is 74.4 Å². The first-order valence-corrected chi connectivity index (χ1v) is 42.6. The van der Waals surface area contributed by atoms with E-state index in [1.165, 1.54) is 41.5 Å². The second kappa shape index (κ2) is 55.7. The molecule has 0 aliphatic carbocycles. The van der Waals surface area contributed by atoms with Gasteiger partial charge >= 0.3 is 5.97 Å². The molecule has 39 heteroatoms. The van der Waals surface area contributed by atoms with Gasteiger partial charge in [0.15, 0.2) is 0 Å². The van der Waals surface area contributed by atoms with E-state index in [-0.39, 0.29) is 68.6 Å². The maximum Gasteiger partial charge on any atom is 0.329 e. The summed E-state index contributed by atoms with van der Waals surface area (Å²) >= 11 is 0. The van der Waals surface area contributed by atoms with Gasteiger partial charge in [-0.2, -0.15) is 0 Å². The normalized spacial score (nSPS) is 20.9. The van der Waals surface area contributed by atoms with E-state index < -0.39 is 285 Å². The lowest BCUT2D eigenvalue weighted by Crippen LogP contribution is -2.62. The fourth-order valence-electron chi connectivity index (χ4n) is 13.1. The molecule has 18 amide bonds. The molecule has 1 aliphatic rings. The van der Waals surface area contributed by atoms with Gasteiger partial charge in [0.2, 0.25) is 106 Å². The number of carbonyl (C=O) groups is 19. The number of nitrogens with two attached hydrogens (primary N) is 4. The van der Waals surface area contributed by atoms with Gasteiger partial charge in [0.1, 0.15) is 91.2 Å². The molecule has 0 saturated carbocycles. The molecule has 688 valence electrons. The summed E-state index contributed by atoms with van der Waals surface area (Å²) in [5, 5.41) is 46.6. The Morgan fingerprint density at radius 1 is 0.405 bits per heavy atom. The fourth-order valence-corrected chi connectivity index (χ4v) is 13.1. The number of hydrogen-bond acceptors (Lipinski definition) is 21. The van der Waals surface area contributed by atoms with Crippen molar-refractivity contribution >= 4 is 112 Å². The number of aliphatic hydroxyl groups is 1. The van der Waals surface area contributed by atoms with Gasteiger partial charge < -0.3 is 107 Å². The summed E-state index contributed by atoms with van der Waals surface area (Å²) in [7, 11) is 0. The molecule has 1 fully saturated rings. The van der Waals surface area contributed by atoms with Crippen molar-refractivity contribution in [3.05, 3.63) is 0 Å². The van der Waals surface area contributed by atoms with Gasteiger partial charge in [0.05, 0.1) is 12.5 Å². The quantitative estimate of drug-likeness (QED) is 0.0260. The Balaban J connectivity index is 4.16. The molecular formula is C82H144N18O21. The van der Waals surface area contributed by atoms with E-state index in [1.54, 1.807) is 62.3 Å². The minimum atomic E-state index is -2.09. The highest BCUT2D eigenvalue weighted by molar-refractivity contribution is 6.01. The van der Waals surface area contributed by atoms with Crippen LogP contribution in [0.3, 0.4) is 0 Å². The van der Waals surface area contributed by atoms with Crippen molar-refractivity contribution < 1.29 is 101 Å². The number of primary amides is 4. The maximum absolute atomic E-state index is 15.1. The van der Waals surface area contributed by atoms with E-state index >= 15 is 9.59 Å². The van der Waals surface area contributed by atoms with E-state index in [2.05, 4.69) is 81.4 Å². The van der Waals surface area contributed by atoms with Crippen LogP contribution in [0.1, 0.15) is 259 Å². The molecule has 0 aromatic heterocycles. The molecule has 0 radical (unpaired) electrons. The van der Waals surface area contributed by atoms with Crippen LogP contribution >= 0.6 is 0 Å². The van der Waals surface area contributed by atoms with Gasteiger partial charge in [-0.15, -0.1) is 0 Å². The van der Waals surface area contributed by atoms with Gasteiger partial charge in [0, 0.05) is 25.7 Å². The number of hydrogen-bond donors (Lipinski definition) is 19. The second-order valence-electron chi connectivity index (χ2n) is 34.6. The Kier molecular flexibility index (Phi) is 50.2. The van der Waals surface area contributed by atoms with Gasteiger partial charge in [-0.05, 0) is 118 Å². The van der Waals surface area contributed by atoms with Crippen molar-refractivity contribution in [3.63, 3.8) is 0 Å². The lowest BCUT2D eigenvalue weighted by atomic mass is 9.97. The number of esters is 1. The van der Waals surface area contributed by atoms with Crippen LogP contribution in [-0.4, -0.2) is 215 Å². The summed E-state index contributed by atoms with van der Waals surface area (Å²) in [5.74, 6) is -22.6. The van der Waals surface area contributed by atoms with Gasteiger partial charge in [0.25, 0.3) is 0 Å². The lowest BCUT2D eigenvalue weighted by molar-refractivity contribution is -0.152. The van der Waals surface area contributed by atoms with Gasteiger partial charge in [-0.1, -0.05) is 156 Å². The molecule has 39 nitrogen and oxygen atoms in total. The van der Waals surface area contributed by atoms with E-state index in [0.29, 0.717) is 12.8 Å². The molecule has 1 saturated heterocycles. The van der Waals surface area contributed by atoms with Crippen LogP contribution < -0.4 is 97.4 Å². The largest absolute Gasteiger partial charge is 0.461 e. The minimum Gasteiger partial charge on any atom is -0.461 e. The van der Waals surface area contributed by atoms with Crippen molar-refractivity contribution in [2.45, 2.75) is 350 Å². The number of amides is 18. The molecule has 0 spiro atoms. The third kappa shape index (κ3) is 43.3. The zero-order chi connectivity index (χ0) is 92.4. The van der Waals surface area contributed by atoms with Crippen LogP contribution in [0.4, 0.5) is 0 Å². The molecule has 0 aromatic rings. The SMILES string of the molecule is CCCCCCC[C@@H](O)CC(=O)N[C@@H](CC(C)C)C(=O)N[C@H](C)C(=O)N[C@H](CCC(N)=O)C(=O)N[C@@H](C(=O)N[C@H](CC(C)C)C(=O)N[C@@H](CCC(N)=O)C(=O)N[C@@H]1COC(=O)[C@H]([C@@H](C)CC)NC(=O)[C@@H](CCC(N)=O)NC(=O)[C@H](CC(C)C)NC(=O)[C@H](CC(C)C)NC(=O)[C@@H](CCC(N)=O)NC(=O)C(CC(C)C)NC(=O)[C@@H](C(C)C)NC1=O)C(C)C. The van der Waals surface area contributed by atoms with Crippen molar-refractivity contribution in [2.75, 3.05) is 6.61 Å². The highest BCUT2D eigenvalue weighted by atomic mass is 16.5. The van der Waals surface area contributed by atoms with Crippen LogP contribution in [0, 0.1) is 47.3 Å². The molecule has 1 aliphatic heterocycles. The highest BCUT2D eigenvalue weighted by Gasteiger charge is 2.41. The average molecular weight is 1720 g/mol. The topological polar surface area (TPSA) is 626 Å². The first kappa shape index (κ1) is 109. The Morgan fingerprint density at radius 2 is 0.793 bits per heavy atom. The zero-order valence-corrected chi connectivity index (χ0v) is 74.3. The van der Waals surface area contributed by atoms with Gasteiger partial charge in [-0.3, -0.25) is 86.3 Å². The first-order chi connectivity index (χ1) is 56.4. The monoisotopic (exact) mass is 1720 g/mol. The Morgan fingerprint density at radius 3 is 1.22 bits per heavy atom. The highest BCUT2D eigenvalue weighted by Crippen LogP contribution is 2.19. The van der Waals surface area contributed by atoms with E-state index in [4.69, 9.17) is 27.7 Å². The second-order valence-corrected chi connectivity index (χ2v) is 34.6. The minimum absolute atomic E-state index is 0.0388. The van der Waals surface area contributed by atoms with Gasteiger partial charge in [-0.25, -0.2) is 4.79 Å². The Bertz CT molecular complexity index is 3480. The Hall–Kier alpha value is -10.1. The standard InChI is InChI=1S/C82H144N18O21/c1-19-21-22-23-24-25-50(101)39-65(106)88-55(34-41(3)4)74(112)87-49(18)69(107)89-53(28-32-63(85)104)72(110)98-66(46(13)14)80(118)95-59(38-45(11)12)77(115)91-52(27-31-62(84)103)71(109)97-60-40-121-82(120)68(48(17)20-2)100-73(111)54(29-33-64(86)105)92-75(113)56(35-42(5)6)94-78(116)57(36-43(7)8)93-70(108)51(26-30-61(83)102)90-76(114)58(37-44(9)10)96-81(119)67(47(15)16)99-79(60)117/h41-60,66-68,101H,19-40H2,1-18H3,(H2,83,102)(H2,84,103)(H2,85,104)(H2,86,105)(H,87,112)(H,88,106)(H,89,107)(H,90,114)(H,91,115)(H,92,113)(H,93,108)(H,94,116)(H,95,118)(H,96,119)(H,97,109)(H,98,110)(H,99,117)(H,100,111)/t48-,49+,50+,51+,52-,53+,54+,55-,56-,57-,58?,59+,60+,66+,67+,68-/m0/s1. The summed E-state index contributed by atoms with van der Waals surface area (Å²) in [5.41, 5.74) is 22.2. The predicted molar refractivity (Wildman–Crippen MR) is 448 cm³/mol. The van der Waals surface area contributed by atoms with Crippen molar-refractivity contribution in [1.29, 1.82) is 0 Å². The third-order valence-electron chi connectivity index (χ3n) is 20.1. The first-order valence-electron chi connectivity index (χ1n) is 42.6. The third-order valence-corrected chi connectivity index (χ3v) is 20.1. The summed E-state index contributed by atoms with van der Waals surface area (Å²) in [6.07, 6.45) is -0.156. The van der Waals surface area contributed by atoms with Crippen LogP contribution in [0.25, 0.3) is 0 Å². The summed E-state index contributed by atoms with van der Waals surface area (Å²) in [6.45, 7) is 28.8. The average Bonchev–Trinajstić information content (AvgIpc) is 0.981. The summed E-state index contributed by atoms with van der Waals surface area (Å²) in [4.78, 5) is 266. The Labute approximate surface area is 711 Å². The smallest absolute Gasteiger partial charge is 0.329 e. The fraction of sp³-hybridized carbons (Fsp3) is 0.768. The van der Waals surface area contributed by atoms with Crippen LogP contribution in [0.2, 0.25) is 0 Å². The number of ether oxygens (including phenoxy) is 1. The molecule has 1 rings (SSSR count). The molecule has 16 atom stereocenters. The summed E-state index contributed by atoms with van der Waals surface area (Å²) < 4.78 is 5.80. The van der Waals surface area contributed by atoms with Crippen LogP contribution in [0.5, 0.6) is 0 Å². The number of unbranched alkanes of at least 4 members (excludes halogenated alkanes) is 4. The zero-order valence-electron chi connectivity index (χ0n) is 74.3. The van der Waals surface area contributed by atoms with Crippen LogP contribution in [0.15, 0.2) is 0 Å². The van der Waals surface area contributed by atoms with Crippen LogP contribution in [-0.2, 0) is 95.8 Å². The molecular weight excluding hydrogens is 1570 g/mol. The molecule has 121 heavy (non-hydrogen) atoms. The van der Waals surface area contributed by atoms with Crippen molar-refractivity contribution in [3.8, 4) is 0 Å². The lowest BCUT2D eigenvalue weighted by Gasteiger charge is -2.30. The van der Waals surface area contributed by atoms with E-state index in [0.717, 1.165) is 25.7 Å². The maximum atomic E-state index is 15.1. The molecule has 1 unspecified atom stereocenters. The predicted octanol–water partition coefficient (Wildman–Crippen LogP) is -0.888. The number of cyclic esters (lactones) is 1. The molecule has 0 aromatic carbocycles.